The summed E-state index contributed by atoms with van der Waals surface area (Å²) in [5.41, 5.74) is 2.15. The maximum Gasteiger partial charge on any atom is 0.252 e. The molecular weight excluding hydrogens is 430 g/mol. The molecule has 0 N–H and O–H groups in total. The van der Waals surface area contributed by atoms with E-state index in [-0.39, 0.29) is 18.1 Å². The fraction of sp³-hybridized carbons (Fsp3) is 0.536. The molecule has 1 aliphatic carbocycles. The van der Waals surface area contributed by atoms with E-state index in [0.717, 1.165) is 49.7 Å². The third kappa shape index (κ3) is 6.51. The van der Waals surface area contributed by atoms with Gasteiger partial charge in [-0.3, -0.25) is 4.79 Å². The molecule has 6 nitrogen and oxygen atoms in total. The number of benzene rings is 2. The van der Waals surface area contributed by atoms with Crippen LogP contribution in [0.25, 0.3) is 0 Å². The molecular formula is C28H37NO5. The molecule has 0 spiro atoms. The van der Waals surface area contributed by atoms with Gasteiger partial charge in [-0.25, -0.2) is 0 Å². The molecule has 6 heteroatoms. The van der Waals surface area contributed by atoms with Crippen LogP contribution in [0.5, 0.6) is 11.5 Å². The van der Waals surface area contributed by atoms with E-state index in [1.54, 1.807) is 7.11 Å². The number of amides is 1. The Morgan fingerprint density at radius 3 is 2.56 bits per heavy atom. The second-order valence-corrected chi connectivity index (χ2v) is 9.18. The third-order valence-electron chi connectivity index (χ3n) is 6.50. The van der Waals surface area contributed by atoms with Crippen LogP contribution in [0, 0.1) is 0 Å². The first-order chi connectivity index (χ1) is 16.7. The third-order valence-corrected chi connectivity index (χ3v) is 6.50. The SMILES string of the molecule is COCCCOc1cc([C@@H](C)N(C(=O)[C@H]2CCCCO2)C2CC2)ccc1OCc1ccccc1. The number of methoxy groups -OCH3 is 1. The molecule has 2 fully saturated rings. The van der Waals surface area contributed by atoms with Gasteiger partial charge in [-0.15, -0.1) is 0 Å². The standard InChI is InChI=1S/C28H37NO5/c1-21(29(24-13-14-24)28(30)26-11-6-7-17-32-26)23-12-15-25(27(19-23)33-18-8-16-31-2)34-20-22-9-4-3-5-10-22/h3-5,9-10,12,15,19,21,24,26H,6-8,11,13-14,16-18,20H2,1-2H3/t21-,26-/m1/s1. The summed E-state index contributed by atoms with van der Waals surface area (Å²) in [5, 5.41) is 0. The topological polar surface area (TPSA) is 57.2 Å². The highest BCUT2D eigenvalue weighted by molar-refractivity contribution is 5.82. The van der Waals surface area contributed by atoms with Gasteiger partial charge in [-0.2, -0.15) is 0 Å². The van der Waals surface area contributed by atoms with Crippen LogP contribution in [0.2, 0.25) is 0 Å². The zero-order chi connectivity index (χ0) is 23.8. The van der Waals surface area contributed by atoms with Crippen molar-refractivity contribution in [3.05, 3.63) is 59.7 Å². The molecule has 1 aliphatic heterocycles. The summed E-state index contributed by atoms with van der Waals surface area (Å²) in [6, 6.07) is 16.4. The predicted molar refractivity (Wildman–Crippen MR) is 131 cm³/mol. The summed E-state index contributed by atoms with van der Waals surface area (Å²) in [7, 11) is 1.69. The van der Waals surface area contributed by atoms with E-state index in [9.17, 15) is 4.79 Å². The van der Waals surface area contributed by atoms with Crippen molar-refractivity contribution >= 4 is 5.91 Å². The van der Waals surface area contributed by atoms with E-state index < -0.39 is 0 Å². The van der Waals surface area contributed by atoms with E-state index >= 15 is 0 Å². The zero-order valence-corrected chi connectivity index (χ0v) is 20.4. The summed E-state index contributed by atoms with van der Waals surface area (Å²) in [6.45, 7) is 4.43. The number of carbonyl (C=O) groups excluding carboxylic acids is 1. The Morgan fingerprint density at radius 1 is 1.03 bits per heavy atom. The number of rotatable bonds is 12. The van der Waals surface area contributed by atoms with Crippen molar-refractivity contribution in [3.8, 4) is 11.5 Å². The van der Waals surface area contributed by atoms with Crippen LogP contribution in [-0.2, 0) is 20.9 Å². The number of ether oxygens (including phenoxy) is 4. The normalized spacial score (nSPS) is 18.8. The molecule has 1 heterocycles. The second kappa shape index (κ2) is 12.2. The smallest absolute Gasteiger partial charge is 0.252 e. The van der Waals surface area contributed by atoms with Gasteiger partial charge in [0.1, 0.15) is 12.7 Å². The lowest BCUT2D eigenvalue weighted by molar-refractivity contribution is -0.149. The maximum absolute atomic E-state index is 13.4. The summed E-state index contributed by atoms with van der Waals surface area (Å²) in [6.07, 6.45) is 5.50. The minimum atomic E-state index is -0.310. The van der Waals surface area contributed by atoms with Crippen molar-refractivity contribution in [2.75, 3.05) is 26.9 Å². The number of hydrogen-bond donors (Lipinski definition) is 0. The predicted octanol–water partition coefficient (Wildman–Crippen LogP) is 5.30. The van der Waals surface area contributed by atoms with Gasteiger partial charge in [-0.05, 0) is 62.3 Å². The van der Waals surface area contributed by atoms with Crippen LogP contribution in [0.15, 0.2) is 48.5 Å². The molecule has 2 aliphatic rings. The molecule has 34 heavy (non-hydrogen) atoms. The quantitative estimate of drug-likeness (QED) is 0.397. The van der Waals surface area contributed by atoms with Crippen LogP contribution in [0.3, 0.4) is 0 Å². The Hall–Kier alpha value is -2.57. The van der Waals surface area contributed by atoms with Crippen molar-refractivity contribution in [2.45, 2.75) is 70.2 Å². The summed E-state index contributed by atoms with van der Waals surface area (Å²) in [4.78, 5) is 15.4. The van der Waals surface area contributed by atoms with Gasteiger partial charge < -0.3 is 23.8 Å². The minimum Gasteiger partial charge on any atom is -0.490 e. The molecule has 0 aromatic heterocycles. The monoisotopic (exact) mass is 467 g/mol. The number of hydrogen-bond acceptors (Lipinski definition) is 5. The molecule has 4 rings (SSSR count). The highest BCUT2D eigenvalue weighted by Gasteiger charge is 2.40. The van der Waals surface area contributed by atoms with E-state index in [1.165, 1.54) is 0 Å². The zero-order valence-electron chi connectivity index (χ0n) is 20.4. The van der Waals surface area contributed by atoms with Gasteiger partial charge >= 0.3 is 0 Å². The van der Waals surface area contributed by atoms with Crippen molar-refractivity contribution in [1.29, 1.82) is 0 Å². The average molecular weight is 468 g/mol. The average Bonchev–Trinajstić information content (AvgIpc) is 3.72. The van der Waals surface area contributed by atoms with Gasteiger partial charge in [0.15, 0.2) is 11.5 Å². The Morgan fingerprint density at radius 2 is 1.85 bits per heavy atom. The first-order valence-electron chi connectivity index (χ1n) is 12.5. The van der Waals surface area contributed by atoms with Gasteiger partial charge in [0.2, 0.25) is 0 Å². The minimum absolute atomic E-state index is 0.0602. The molecule has 1 amide bonds. The number of carbonyl (C=O) groups is 1. The van der Waals surface area contributed by atoms with Crippen LogP contribution >= 0.6 is 0 Å². The Labute approximate surface area is 203 Å². The van der Waals surface area contributed by atoms with Crippen LogP contribution < -0.4 is 9.47 Å². The highest BCUT2D eigenvalue weighted by Crippen LogP contribution is 2.39. The van der Waals surface area contributed by atoms with E-state index in [0.29, 0.717) is 44.0 Å². The van der Waals surface area contributed by atoms with Crippen molar-refractivity contribution < 1.29 is 23.7 Å². The molecule has 184 valence electrons. The fourth-order valence-corrected chi connectivity index (χ4v) is 4.44. The largest absolute Gasteiger partial charge is 0.490 e. The van der Waals surface area contributed by atoms with Gasteiger partial charge in [0.05, 0.1) is 12.6 Å². The lowest BCUT2D eigenvalue weighted by Gasteiger charge is -2.34. The molecule has 0 bridgehead atoms. The van der Waals surface area contributed by atoms with E-state index in [4.69, 9.17) is 18.9 Å². The Bertz CT molecular complexity index is 908. The lowest BCUT2D eigenvalue weighted by Crippen LogP contribution is -2.44. The molecule has 0 unspecified atom stereocenters. The Kier molecular flexibility index (Phi) is 8.83. The molecule has 0 radical (unpaired) electrons. The molecule has 2 aromatic rings. The van der Waals surface area contributed by atoms with Crippen LogP contribution in [0.4, 0.5) is 0 Å². The highest BCUT2D eigenvalue weighted by atomic mass is 16.5. The summed E-state index contributed by atoms with van der Waals surface area (Å²) >= 11 is 0. The van der Waals surface area contributed by atoms with Crippen molar-refractivity contribution in [1.82, 2.24) is 4.90 Å². The fourth-order valence-electron chi connectivity index (χ4n) is 4.44. The summed E-state index contributed by atoms with van der Waals surface area (Å²) in [5.74, 6) is 1.53. The van der Waals surface area contributed by atoms with Gasteiger partial charge in [-0.1, -0.05) is 36.4 Å². The van der Waals surface area contributed by atoms with Gasteiger partial charge in [0, 0.05) is 32.8 Å². The van der Waals surface area contributed by atoms with E-state index in [2.05, 4.69) is 13.0 Å². The molecule has 1 saturated carbocycles. The molecule has 2 aromatic carbocycles. The lowest BCUT2D eigenvalue weighted by atomic mass is 10.0. The van der Waals surface area contributed by atoms with Gasteiger partial charge in [0.25, 0.3) is 5.91 Å². The first kappa shape index (κ1) is 24.6. The first-order valence-corrected chi connectivity index (χ1v) is 12.5. The molecule has 2 atom stereocenters. The van der Waals surface area contributed by atoms with Crippen molar-refractivity contribution in [3.63, 3.8) is 0 Å². The van der Waals surface area contributed by atoms with Crippen molar-refractivity contribution in [2.24, 2.45) is 0 Å². The van der Waals surface area contributed by atoms with E-state index in [1.807, 2.05) is 47.4 Å². The summed E-state index contributed by atoms with van der Waals surface area (Å²) < 4.78 is 23.2. The Balaban J connectivity index is 1.51. The van der Waals surface area contributed by atoms with Crippen LogP contribution in [0.1, 0.15) is 62.6 Å². The molecule has 1 saturated heterocycles. The number of nitrogens with zero attached hydrogens (tertiary/aromatic N) is 1. The maximum atomic E-state index is 13.4. The van der Waals surface area contributed by atoms with Crippen LogP contribution in [-0.4, -0.2) is 49.9 Å². The second-order valence-electron chi connectivity index (χ2n) is 9.18.